The zero-order valence-corrected chi connectivity index (χ0v) is 29.1. The van der Waals surface area contributed by atoms with Gasteiger partial charge in [0.1, 0.15) is 6.61 Å². The highest BCUT2D eigenvalue weighted by molar-refractivity contribution is 7.07. The number of fused-ring (bicyclic) bond motifs is 1. The SMILES string of the molecule is CCOC(=O)C1=C(C)N=c2s/c(=C\c3cc(Cl)c(OCc4ccccc4Cl)c(OC)c3)c(=O)n2[C@@H]1c1ccc(OC(C)C)c(OC)c1. The number of hydrogen-bond donors (Lipinski definition) is 0. The maximum atomic E-state index is 14.1. The van der Waals surface area contributed by atoms with Crippen molar-refractivity contribution in [2.75, 3.05) is 20.8 Å². The third-order valence-electron chi connectivity index (χ3n) is 7.26. The van der Waals surface area contributed by atoms with E-state index in [-0.39, 0.29) is 30.5 Å². The number of rotatable bonds is 11. The number of hydrogen-bond acceptors (Lipinski definition) is 9. The van der Waals surface area contributed by atoms with Crippen LogP contribution in [0.15, 0.2) is 75.7 Å². The Hall–Kier alpha value is -4.25. The van der Waals surface area contributed by atoms with Gasteiger partial charge < -0.3 is 23.7 Å². The molecule has 1 aliphatic heterocycles. The largest absolute Gasteiger partial charge is 0.493 e. The Morgan fingerprint density at radius 3 is 2.45 bits per heavy atom. The summed E-state index contributed by atoms with van der Waals surface area (Å²) in [5.74, 6) is 1.19. The second kappa shape index (κ2) is 14.7. The number of halogens is 2. The summed E-state index contributed by atoms with van der Waals surface area (Å²) in [6.07, 6.45) is 1.62. The highest BCUT2D eigenvalue weighted by atomic mass is 35.5. The molecule has 1 aliphatic rings. The van der Waals surface area contributed by atoms with Crippen molar-refractivity contribution in [3.05, 3.63) is 112 Å². The lowest BCUT2D eigenvalue weighted by Crippen LogP contribution is -2.40. The molecule has 9 nitrogen and oxygen atoms in total. The lowest BCUT2D eigenvalue weighted by Gasteiger charge is -2.25. The molecule has 0 N–H and O–H groups in total. The number of aromatic nitrogens is 1. The predicted molar refractivity (Wildman–Crippen MR) is 183 cm³/mol. The number of carbonyl (C=O) groups is 1. The molecule has 0 aliphatic carbocycles. The molecule has 0 radical (unpaired) electrons. The van der Waals surface area contributed by atoms with E-state index in [1.807, 2.05) is 38.1 Å². The summed E-state index contributed by atoms with van der Waals surface area (Å²) in [5.41, 5.74) is 2.40. The molecule has 1 atom stereocenters. The van der Waals surface area contributed by atoms with Crippen molar-refractivity contribution in [3.63, 3.8) is 0 Å². The maximum absolute atomic E-state index is 14.1. The molecule has 0 spiro atoms. The highest BCUT2D eigenvalue weighted by Gasteiger charge is 2.34. The normalized spacial score (nSPS) is 14.5. The number of benzene rings is 3. The molecule has 2 heterocycles. The smallest absolute Gasteiger partial charge is 0.338 e. The topological polar surface area (TPSA) is 97.6 Å². The zero-order valence-electron chi connectivity index (χ0n) is 26.8. The number of esters is 1. The van der Waals surface area contributed by atoms with Crippen molar-refractivity contribution in [2.45, 2.75) is 46.4 Å². The Kier molecular flexibility index (Phi) is 10.6. The fourth-order valence-corrected chi connectivity index (χ4v) is 6.70. The molecule has 0 bridgehead atoms. The second-order valence-electron chi connectivity index (χ2n) is 10.8. The molecule has 246 valence electrons. The average Bonchev–Trinajstić information content (AvgIpc) is 3.33. The average molecular weight is 698 g/mol. The first-order valence-corrected chi connectivity index (χ1v) is 16.4. The van der Waals surface area contributed by atoms with Gasteiger partial charge in [0.05, 0.1) is 53.8 Å². The molecule has 1 aromatic heterocycles. The Bertz CT molecular complexity index is 2030. The first-order valence-electron chi connectivity index (χ1n) is 14.8. The molecule has 4 aromatic rings. The van der Waals surface area contributed by atoms with Gasteiger partial charge in [0.15, 0.2) is 27.8 Å². The number of nitrogens with zero attached hydrogens (tertiary/aromatic N) is 2. The summed E-state index contributed by atoms with van der Waals surface area (Å²) in [6, 6.07) is 15.3. The van der Waals surface area contributed by atoms with Crippen molar-refractivity contribution in [1.82, 2.24) is 4.57 Å². The Labute approximate surface area is 286 Å². The Morgan fingerprint density at radius 2 is 1.77 bits per heavy atom. The third kappa shape index (κ3) is 7.20. The monoisotopic (exact) mass is 696 g/mol. The molecule has 0 saturated carbocycles. The van der Waals surface area contributed by atoms with Crippen LogP contribution in [0.1, 0.15) is 50.4 Å². The number of thiazole rings is 1. The van der Waals surface area contributed by atoms with Gasteiger partial charge >= 0.3 is 5.97 Å². The molecule has 0 amide bonds. The van der Waals surface area contributed by atoms with Crippen molar-refractivity contribution in [3.8, 4) is 23.0 Å². The van der Waals surface area contributed by atoms with Crippen molar-refractivity contribution < 1.29 is 28.5 Å². The van der Waals surface area contributed by atoms with Crippen LogP contribution in [0.2, 0.25) is 10.0 Å². The van der Waals surface area contributed by atoms with E-state index in [2.05, 4.69) is 4.99 Å². The molecule has 0 unspecified atom stereocenters. The van der Waals surface area contributed by atoms with Crippen LogP contribution in [0.3, 0.4) is 0 Å². The van der Waals surface area contributed by atoms with Gasteiger partial charge in [-0.05, 0) is 75.2 Å². The van der Waals surface area contributed by atoms with Gasteiger partial charge in [-0.2, -0.15) is 0 Å². The number of methoxy groups -OCH3 is 2. The quantitative estimate of drug-likeness (QED) is 0.165. The number of ether oxygens (including phenoxy) is 5. The minimum Gasteiger partial charge on any atom is -0.493 e. The van der Waals surface area contributed by atoms with E-state index in [0.29, 0.717) is 59.2 Å². The molecule has 3 aromatic carbocycles. The molecule has 0 fully saturated rings. The van der Waals surface area contributed by atoms with Gasteiger partial charge in [0.2, 0.25) is 0 Å². The Balaban J connectivity index is 1.60. The van der Waals surface area contributed by atoms with Crippen LogP contribution in [0.4, 0.5) is 0 Å². The summed E-state index contributed by atoms with van der Waals surface area (Å²) in [4.78, 5) is 32.6. The van der Waals surface area contributed by atoms with Gasteiger partial charge in [-0.25, -0.2) is 9.79 Å². The van der Waals surface area contributed by atoms with Gasteiger partial charge in [0, 0.05) is 10.6 Å². The Morgan fingerprint density at radius 1 is 1.02 bits per heavy atom. The summed E-state index contributed by atoms with van der Waals surface area (Å²) >= 11 is 14.2. The van der Waals surface area contributed by atoms with E-state index >= 15 is 0 Å². The maximum Gasteiger partial charge on any atom is 0.338 e. The van der Waals surface area contributed by atoms with E-state index in [0.717, 1.165) is 5.56 Å². The van der Waals surface area contributed by atoms with Crippen molar-refractivity contribution >= 4 is 46.6 Å². The molecule has 12 heteroatoms. The molecular weight excluding hydrogens is 663 g/mol. The van der Waals surface area contributed by atoms with Crippen molar-refractivity contribution in [2.24, 2.45) is 4.99 Å². The zero-order chi connectivity index (χ0) is 33.8. The van der Waals surface area contributed by atoms with Crippen LogP contribution in [-0.2, 0) is 16.1 Å². The van der Waals surface area contributed by atoms with Gasteiger partial charge in [-0.15, -0.1) is 0 Å². The molecule has 5 rings (SSSR count). The summed E-state index contributed by atoms with van der Waals surface area (Å²) in [7, 11) is 3.05. The minimum absolute atomic E-state index is 0.0835. The number of carbonyl (C=O) groups excluding carboxylic acids is 1. The fourth-order valence-electron chi connectivity index (χ4n) is 5.19. The van der Waals surface area contributed by atoms with Crippen LogP contribution < -0.4 is 33.8 Å². The molecular formula is C35H34Cl2N2O7S. The first-order chi connectivity index (χ1) is 22.6. The predicted octanol–water partition coefficient (Wildman–Crippen LogP) is 6.49. The number of allylic oxidation sites excluding steroid dienone is 1. The van der Waals surface area contributed by atoms with Gasteiger partial charge in [0.25, 0.3) is 5.56 Å². The van der Waals surface area contributed by atoms with E-state index in [1.165, 1.54) is 30.1 Å². The van der Waals surface area contributed by atoms with Crippen LogP contribution in [0.5, 0.6) is 23.0 Å². The summed E-state index contributed by atoms with van der Waals surface area (Å²) in [5, 5.41) is 0.872. The molecule has 0 saturated heterocycles. The van der Waals surface area contributed by atoms with Crippen molar-refractivity contribution in [1.29, 1.82) is 0 Å². The highest BCUT2D eigenvalue weighted by Crippen LogP contribution is 2.38. The third-order valence-corrected chi connectivity index (χ3v) is 8.89. The lowest BCUT2D eigenvalue weighted by atomic mass is 9.95. The first kappa shape index (κ1) is 34.1. The van der Waals surface area contributed by atoms with E-state index < -0.39 is 12.0 Å². The van der Waals surface area contributed by atoms with E-state index in [4.69, 9.17) is 46.9 Å². The standard InChI is InChI=1S/C35H34Cl2N2O7S/c1-7-44-34(41)30-20(4)38-35-39(31(30)22-12-13-26(46-19(2)3)27(17-22)42-5)33(40)29(47-35)16-21-14-25(37)32(28(15-21)43-6)45-18-23-10-8-9-11-24(23)36/h8-17,19,31H,7,18H2,1-6H3/b29-16-/t31-/m1/s1. The lowest BCUT2D eigenvalue weighted by molar-refractivity contribution is -0.139. The van der Waals surface area contributed by atoms with Crippen LogP contribution >= 0.6 is 34.5 Å². The minimum atomic E-state index is -0.826. The van der Waals surface area contributed by atoms with E-state index in [1.54, 1.807) is 50.3 Å². The molecule has 47 heavy (non-hydrogen) atoms. The van der Waals surface area contributed by atoms with Crippen LogP contribution in [0.25, 0.3) is 6.08 Å². The van der Waals surface area contributed by atoms with Gasteiger partial charge in [-0.3, -0.25) is 9.36 Å². The summed E-state index contributed by atoms with van der Waals surface area (Å²) < 4.78 is 30.4. The summed E-state index contributed by atoms with van der Waals surface area (Å²) in [6.45, 7) is 7.64. The van der Waals surface area contributed by atoms with Crippen LogP contribution in [0, 0.1) is 0 Å². The van der Waals surface area contributed by atoms with E-state index in [9.17, 15) is 9.59 Å². The second-order valence-corrected chi connectivity index (χ2v) is 12.6. The fraction of sp³-hybridized carbons (Fsp3) is 0.286. The van der Waals surface area contributed by atoms with Crippen LogP contribution in [-0.4, -0.2) is 37.5 Å². The van der Waals surface area contributed by atoms with Gasteiger partial charge in [-0.1, -0.05) is 58.8 Å².